The molecule has 0 aliphatic carbocycles. The Morgan fingerprint density at radius 2 is 0.825 bits per heavy atom. The number of carbonyl (C=O) groups excluding carboxylic acids is 1. The van der Waals surface area contributed by atoms with Crippen LogP contribution in [-0.4, -0.2) is 16.2 Å². The molecule has 0 unspecified atom stereocenters. The Hall–Kier alpha value is -3.01. The summed E-state index contributed by atoms with van der Waals surface area (Å²) in [4.78, 5) is 13.7. The van der Waals surface area contributed by atoms with E-state index in [1.165, 1.54) is 180 Å². The number of aromatic hydroxyl groups is 2. The van der Waals surface area contributed by atoms with E-state index in [4.69, 9.17) is 4.74 Å². The van der Waals surface area contributed by atoms with Gasteiger partial charge in [-0.1, -0.05) is 243 Å². The fourth-order valence-electron chi connectivity index (χ4n) is 8.52. The predicted molar refractivity (Wildman–Crippen MR) is 245 cm³/mol. The van der Waals surface area contributed by atoms with Gasteiger partial charge in [-0.05, 0) is 59.7 Å². The number of aryl methyl sites for hydroxylation is 2. The van der Waals surface area contributed by atoms with E-state index in [9.17, 15) is 15.0 Å². The van der Waals surface area contributed by atoms with Crippen LogP contribution in [-0.2, 0) is 12.8 Å². The first-order valence-electron chi connectivity index (χ1n) is 24.3. The molecule has 57 heavy (non-hydrogen) atoms. The number of hydrogen-bond acceptors (Lipinski definition) is 4. The lowest BCUT2D eigenvalue weighted by Crippen LogP contribution is -2.11. The highest BCUT2D eigenvalue weighted by Gasteiger charge is 2.22. The summed E-state index contributed by atoms with van der Waals surface area (Å²) < 4.78 is 5.83. The zero-order valence-electron chi connectivity index (χ0n) is 36.9. The Kier molecular flexibility index (Phi) is 27.1. The van der Waals surface area contributed by atoms with E-state index in [2.05, 4.69) is 13.8 Å². The van der Waals surface area contributed by atoms with E-state index in [-0.39, 0.29) is 22.8 Å². The zero-order valence-corrected chi connectivity index (χ0v) is 36.9. The predicted octanol–water partition coefficient (Wildman–Crippen LogP) is 17.1. The van der Waals surface area contributed by atoms with Crippen LogP contribution in [0.1, 0.15) is 241 Å². The Labute approximate surface area is 350 Å². The number of ether oxygens (including phenoxy) is 1. The maximum Gasteiger partial charge on any atom is 0.348 e. The van der Waals surface area contributed by atoms with Crippen LogP contribution in [0.4, 0.5) is 0 Å². The number of para-hydroxylation sites is 1. The summed E-state index contributed by atoms with van der Waals surface area (Å²) in [6.07, 6.45) is 43.9. The lowest BCUT2D eigenvalue weighted by molar-refractivity contribution is 0.0728. The molecule has 0 atom stereocenters. The fraction of sp³-hybridized carbons (Fsp3) is 0.679. The molecule has 0 spiro atoms. The van der Waals surface area contributed by atoms with Crippen LogP contribution in [0.2, 0.25) is 0 Å². The molecule has 0 bridgehead atoms. The summed E-state index contributed by atoms with van der Waals surface area (Å²) in [6, 6.07) is 15.1. The first kappa shape index (κ1) is 48.4. The molecule has 0 heterocycles. The van der Waals surface area contributed by atoms with E-state index in [1.807, 2.05) is 42.5 Å². The highest BCUT2D eigenvalue weighted by atomic mass is 16.5. The van der Waals surface area contributed by atoms with Crippen LogP contribution in [0, 0.1) is 0 Å². The molecule has 0 amide bonds. The summed E-state index contributed by atoms with van der Waals surface area (Å²) in [5.74, 6) is -0.448. The molecule has 320 valence electrons. The van der Waals surface area contributed by atoms with Gasteiger partial charge in [0.05, 0.1) is 0 Å². The van der Waals surface area contributed by atoms with Crippen molar-refractivity contribution < 1.29 is 19.7 Å². The first-order valence-corrected chi connectivity index (χ1v) is 24.3. The van der Waals surface area contributed by atoms with Crippen LogP contribution >= 0.6 is 0 Å². The minimum Gasteiger partial charge on any atom is -0.507 e. The summed E-state index contributed by atoms with van der Waals surface area (Å²) >= 11 is 0. The minimum atomic E-state index is -0.632. The molecule has 2 N–H and O–H groups in total. The summed E-state index contributed by atoms with van der Waals surface area (Å²) in [5.41, 5.74) is 1.77. The van der Waals surface area contributed by atoms with Gasteiger partial charge in [0.25, 0.3) is 0 Å². The van der Waals surface area contributed by atoms with E-state index >= 15 is 0 Å². The van der Waals surface area contributed by atoms with Crippen molar-refractivity contribution in [2.75, 3.05) is 0 Å². The molecule has 4 nitrogen and oxygen atoms in total. The Balaban J connectivity index is 1.34. The molecule has 0 aliphatic heterocycles. The molecule has 3 aromatic carbocycles. The standard InChI is InChI=1S/C53H84O4/c1-3-5-7-9-11-13-15-17-19-20-21-22-24-25-27-29-31-33-38-45-41-37-43-49(51(45)54)57-53(56)50-48-42-36-35-39-46(48)44-47(52(50)55)40-34-32-30-28-26-23-18-16-14-12-10-8-6-4-2/h35-37,39,41-44,54-55H,3-34,38,40H2,1-2H3. The number of unbranched alkanes of at least 4 members (excludes halogenated alkanes) is 30. The lowest BCUT2D eigenvalue weighted by atomic mass is 9.96. The summed E-state index contributed by atoms with van der Waals surface area (Å²) in [6.45, 7) is 4.56. The van der Waals surface area contributed by atoms with Gasteiger partial charge in [0.2, 0.25) is 0 Å². The minimum absolute atomic E-state index is 0.00263. The second kappa shape index (κ2) is 31.9. The molecule has 4 heteroatoms. The summed E-state index contributed by atoms with van der Waals surface area (Å²) in [7, 11) is 0. The van der Waals surface area contributed by atoms with Gasteiger partial charge in [0.1, 0.15) is 11.3 Å². The van der Waals surface area contributed by atoms with Crippen molar-refractivity contribution in [1.82, 2.24) is 0 Å². The Bertz CT molecular complexity index is 1460. The number of fused-ring (bicyclic) bond motifs is 1. The maximum atomic E-state index is 13.7. The van der Waals surface area contributed by atoms with Crippen molar-refractivity contribution in [2.24, 2.45) is 0 Å². The smallest absolute Gasteiger partial charge is 0.348 e. The van der Waals surface area contributed by atoms with E-state index < -0.39 is 5.97 Å². The van der Waals surface area contributed by atoms with Crippen LogP contribution in [0.15, 0.2) is 48.5 Å². The second-order valence-electron chi connectivity index (χ2n) is 17.2. The fourth-order valence-corrected chi connectivity index (χ4v) is 8.52. The molecule has 0 radical (unpaired) electrons. The number of esters is 1. The third kappa shape index (κ3) is 20.5. The number of hydrogen-bond donors (Lipinski definition) is 2. The monoisotopic (exact) mass is 785 g/mol. The molecule has 0 saturated carbocycles. The van der Waals surface area contributed by atoms with Crippen molar-refractivity contribution in [2.45, 2.75) is 232 Å². The van der Waals surface area contributed by atoms with Gasteiger partial charge in [0, 0.05) is 0 Å². The van der Waals surface area contributed by atoms with Crippen molar-refractivity contribution in [3.63, 3.8) is 0 Å². The average Bonchev–Trinajstić information content (AvgIpc) is 3.21. The number of rotatable bonds is 36. The average molecular weight is 785 g/mol. The molecule has 0 fully saturated rings. The quantitative estimate of drug-likeness (QED) is 0.0350. The number of benzene rings is 3. The van der Waals surface area contributed by atoms with Crippen molar-refractivity contribution in [3.8, 4) is 17.2 Å². The molecular formula is C53H84O4. The van der Waals surface area contributed by atoms with Crippen molar-refractivity contribution >= 4 is 16.7 Å². The van der Waals surface area contributed by atoms with E-state index in [0.717, 1.165) is 55.0 Å². The summed E-state index contributed by atoms with van der Waals surface area (Å²) in [5, 5.41) is 24.1. The molecule has 0 aromatic heterocycles. The third-order valence-corrected chi connectivity index (χ3v) is 12.2. The number of phenolic OH excluding ortho intramolecular Hbond substituents is 2. The SMILES string of the molecule is CCCCCCCCCCCCCCCCCCCCc1cccc(OC(=O)c2c(O)c(CCCCCCCCCCCCCCCC)cc3ccccc23)c1O. The highest BCUT2D eigenvalue weighted by Crippen LogP contribution is 2.36. The van der Waals surface area contributed by atoms with Gasteiger partial charge in [-0.15, -0.1) is 0 Å². The van der Waals surface area contributed by atoms with Crippen LogP contribution in [0.3, 0.4) is 0 Å². The van der Waals surface area contributed by atoms with Crippen LogP contribution < -0.4 is 4.74 Å². The molecule has 0 aliphatic rings. The molecule has 0 saturated heterocycles. The zero-order chi connectivity index (χ0) is 40.6. The van der Waals surface area contributed by atoms with Crippen molar-refractivity contribution in [1.29, 1.82) is 0 Å². The third-order valence-electron chi connectivity index (χ3n) is 12.2. The molecular weight excluding hydrogens is 701 g/mol. The van der Waals surface area contributed by atoms with Gasteiger partial charge in [-0.2, -0.15) is 0 Å². The van der Waals surface area contributed by atoms with Gasteiger partial charge < -0.3 is 14.9 Å². The lowest BCUT2D eigenvalue weighted by Gasteiger charge is -2.15. The van der Waals surface area contributed by atoms with Gasteiger partial charge in [-0.3, -0.25) is 0 Å². The molecule has 3 aromatic rings. The largest absolute Gasteiger partial charge is 0.507 e. The van der Waals surface area contributed by atoms with Gasteiger partial charge >= 0.3 is 5.97 Å². The maximum absolute atomic E-state index is 13.7. The topological polar surface area (TPSA) is 66.8 Å². The van der Waals surface area contributed by atoms with Gasteiger partial charge in [0.15, 0.2) is 11.5 Å². The Morgan fingerprint density at radius 1 is 0.439 bits per heavy atom. The Morgan fingerprint density at radius 3 is 1.26 bits per heavy atom. The number of phenols is 2. The van der Waals surface area contributed by atoms with Gasteiger partial charge in [-0.25, -0.2) is 4.79 Å². The van der Waals surface area contributed by atoms with E-state index in [0.29, 0.717) is 5.39 Å². The second-order valence-corrected chi connectivity index (χ2v) is 17.2. The normalized spacial score (nSPS) is 11.5. The molecule has 3 rings (SSSR count). The highest BCUT2D eigenvalue weighted by molar-refractivity contribution is 6.08. The number of carbonyl (C=O) groups is 1. The van der Waals surface area contributed by atoms with E-state index in [1.54, 1.807) is 6.07 Å². The first-order chi connectivity index (χ1) is 28.1. The van der Waals surface area contributed by atoms with Crippen LogP contribution in [0.25, 0.3) is 10.8 Å². The van der Waals surface area contributed by atoms with Crippen LogP contribution in [0.5, 0.6) is 17.2 Å². The van der Waals surface area contributed by atoms with Crippen molar-refractivity contribution in [3.05, 3.63) is 65.2 Å².